The number of benzene rings is 1. The third-order valence-corrected chi connectivity index (χ3v) is 5.53. The highest BCUT2D eigenvalue weighted by Gasteiger charge is 2.41. The lowest BCUT2D eigenvalue weighted by atomic mass is 9.79. The minimum atomic E-state index is 0.252. The summed E-state index contributed by atoms with van der Waals surface area (Å²) >= 11 is 0. The third-order valence-electron chi connectivity index (χ3n) is 5.53. The summed E-state index contributed by atoms with van der Waals surface area (Å²) in [5, 5.41) is 3.85. The second-order valence-corrected chi connectivity index (χ2v) is 8.10. The van der Waals surface area contributed by atoms with Crippen molar-refractivity contribution in [3.05, 3.63) is 35.9 Å². The summed E-state index contributed by atoms with van der Waals surface area (Å²) in [6.07, 6.45) is 7.18. The highest BCUT2D eigenvalue weighted by Crippen LogP contribution is 2.48. The molecule has 0 radical (unpaired) electrons. The minimum absolute atomic E-state index is 0.252. The van der Waals surface area contributed by atoms with E-state index in [2.05, 4.69) is 56.4 Å². The highest BCUT2D eigenvalue weighted by atomic mass is 14.9. The van der Waals surface area contributed by atoms with Gasteiger partial charge in [0.1, 0.15) is 0 Å². The standard InChI is InChI=1S/C20H31N/c1-15(13-20(2,3)18-7-5-4-6-8-18)21-14-19(16-9-10-16)17-11-12-17/h4-8,15-17,19,21H,9-14H2,1-3H3. The molecule has 2 aliphatic rings. The van der Waals surface area contributed by atoms with Crippen LogP contribution in [0.4, 0.5) is 0 Å². The van der Waals surface area contributed by atoms with E-state index in [4.69, 9.17) is 0 Å². The Hall–Kier alpha value is -0.820. The number of nitrogens with one attached hydrogen (secondary N) is 1. The van der Waals surface area contributed by atoms with E-state index >= 15 is 0 Å². The topological polar surface area (TPSA) is 12.0 Å². The molecular formula is C20H31N. The molecule has 1 atom stereocenters. The molecular weight excluding hydrogens is 254 g/mol. The van der Waals surface area contributed by atoms with Gasteiger partial charge in [0.2, 0.25) is 0 Å². The Morgan fingerprint density at radius 3 is 2.14 bits per heavy atom. The lowest BCUT2D eigenvalue weighted by molar-refractivity contribution is 0.327. The van der Waals surface area contributed by atoms with Crippen LogP contribution in [-0.2, 0) is 5.41 Å². The molecule has 2 fully saturated rings. The van der Waals surface area contributed by atoms with Crippen LogP contribution in [0.2, 0.25) is 0 Å². The third kappa shape index (κ3) is 4.10. The molecule has 0 aromatic heterocycles. The first-order valence-corrected chi connectivity index (χ1v) is 8.85. The Bertz CT molecular complexity index is 430. The van der Waals surface area contributed by atoms with Gasteiger partial charge in [-0.1, -0.05) is 44.2 Å². The molecule has 1 heteroatoms. The van der Waals surface area contributed by atoms with Gasteiger partial charge >= 0.3 is 0 Å². The van der Waals surface area contributed by atoms with Gasteiger partial charge in [-0.25, -0.2) is 0 Å². The van der Waals surface area contributed by atoms with Crippen LogP contribution in [0, 0.1) is 17.8 Å². The fraction of sp³-hybridized carbons (Fsp3) is 0.700. The average molecular weight is 285 g/mol. The highest BCUT2D eigenvalue weighted by molar-refractivity contribution is 5.23. The Morgan fingerprint density at radius 2 is 1.62 bits per heavy atom. The predicted octanol–water partition coefficient (Wildman–Crippen LogP) is 4.77. The van der Waals surface area contributed by atoms with Gasteiger partial charge in [-0.2, -0.15) is 0 Å². The molecule has 1 unspecified atom stereocenters. The van der Waals surface area contributed by atoms with E-state index in [0.29, 0.717) is 6.04 Å². The average Bonchev–Trinajstić information content (AvgIpc) is 3.33. The molecule has 0 bridgehead atoms. The first-order chi connectivity index (χ1) is 10.1. The lowest BCUT2D eigenvalue weighted by Crippen LogP contribution is -2.37. The molecule has 3 rings (SSSR count). The molecule has 1 N–H and O–H groups in total. The van der Waals surface area contributed by atoms with E-state index in [1.165, 1.54) is 44.2 Å². The van der Waals surface area contributed by atoms with Crippen molar-refractivity contribution in [2.45, 2.75) is 64.3 Å². The molecule has 116 valence electrons. The first kappa shape index (κ1) is 15.1. The normalized spacial score (nSPS) is 20.8. The molecule has 2 saturated carbocycles. The van der Waals surface area contributed by atoms with Crippen LogP contribution in [0.1, 0.15) is 58.4 Å². The van der Waals surface area contributed by atoms with E-state index in [-0.39, 0.29) is 5.41 Å². The van der Waals surface area contributed by atoms with Gasteiger partial charge in [-0.3, -0.25) is 0 Å². The zero-order chi connectivity index (χ0) is 14.9. The molecule has 21 heavy (non-hydrogen) atoms. The Kier molecular flexibility index (Phi) is 4.40. The van der Waals surface area contributed by atoms with Gasteiger partial charge in [0.25, 0.3) is 0 Å². The molecule has 1 nitrogen and oxygen atoms in total. The summed E-state index contributed by atoms with van der Waals surface area (Å²) in [6, 6.07) is 11.6. The van der Waals surface area contributed by atoms with Gasteiger partial charge in [0.15, 0.2) is 0 Å². The van der Waals surface area contributed by atoms with Crippen LogP contribution in [0.25, 0.3) is 0 Å². The van der Waals surface area contributed by atoms with E-state index in [0.717, 1.165) is 17.8 Å². The van der Waals surface area contributed by atoms with E-state index in [1.54, 1.807) is 0 Å². The van der Waals surface area contributed by atoms with Crippen LogP contribution in [0.5, 0.6) is 0 Å². The van der Waals surface area contributed by atoms with E-state index in [1.807, 2.05) is 0 Å². The summed E-state index contributed by atoms with van der Waals surface area (Å²) in [4.78, 5) is 0. The predicted molar refractivity (Wildman–Crippen MR) is 90.5 cm³/mol. The maximum atomic E-state index is 3.85. The van der Waals surface area contributed by atoms with Gasteiger partial charge < -0.3 is 5.32 Å². The molecule has 2 aliphatic carbocycles. The molecule has 0 spiro atoms. The van der Waals surface area contributed by atoms with Gasteiger partial charge in [-0.15, -0.1) is 0 Å². The zero-order valence-electron chi connectivity index (χ0n) is 13.9. The van der Waals surface area contributed by atoms with Crippen molar-refractivity contribution >= 4 is 0 Å². The second kappa shape index (κ2) is 6.12. The fourth-order valence-electron chi connectivity index (χ4n) is 3.95. The van der Waals surface area contributed by atoms with Gasteiger partial charge in [-0.05, 0) is 74.3 Å². The van der Waals surface area contributed by atoms with Crippen molar-refractivity contribution in [1.29, 1.82) is 0 Å². The maximum absolute atomic E-state index is 3.85. The summed E-state index contributed by atoms with van der Waals surface area (Å²) < 4.78 is 0. The van der Waals surface area contributed by atoms with Gasteiger partial charge in [0, 0.05) is 6.04 Å². The van der Waals surface area contributed by atoms with Crippen molar-refractivity contribution in [2.75, 3.05) is 6.54 Å². The monoisotopic (exact) mass is 285 g/mol. The Balaban J connectivity index is 1.50. The Morgan fingerprint density at radius 1 is 1.05 bits per heavy atom. The number of rotatable bonds is 8. The summed E-state index contributed by atoms with van der Waals surface area (Å²) in [5.41, 5.74) is 1.71. The SMILES string of the molecule is CC(CC(C)(C)c1ccccc1)NCC(C1CC1)C1CC1. The number of hydrogen-bond acceptors (Lipinski definition) is 1. The summed E-state index contributed by atoms with van der Waals surface area (Å²) in [6.45, 7) is 8.36. The van der Waals surface area contributed by atoms with E-state index in [9.17, 15) is 0 Å². The van der Waals surface area contributed by atoms with Crippen LogP contribution in [0.15, 0.2) is 30.3 Å². The molecule has 1 aromatic rings. The van der Waals surface area contributed by atoms with Crippen LogP contribution >= 0.6 is 0 Å². The number of hydrogen-bond donors (Lipinski definition) is 1. The summed E-state index contributed by atoms with van der Waals surface area (Å²) in [5.74, 6) is 3.09. The minimum Gasteiger partial charge on any atom is -0.314 e. The van der Waals surface area contributed by atoms with Gasteiger partial charge in [0.05, 0.1) is 0 Å². The van der Waals surface area contributed by atoms with Crippen molar-refractivity contribution in [2.24, 2.45) is 17.8 Å². The molecule has 0 amide bonds. The van der Waals surface area contributed by atoms with Crippen molar-refractivity contribution in [3.63, 3.8) is 0 Å². The second-order valence-electron chi connectivity index (χ2n) is 8.10. The quantitative estimate of drug-likeness (QED) is 0.725. The molecule has 0 saturated heterocycles. The fourth-order valence-corrected chi connectivity index (χ4v) is 3.95. The van der Waals surface area contributed by atoms with Crippen LogP contribution < -0.4 is 5.32 Å². The lowest BCUT2D eigenvalue weighted by Gasteiger charge is -2.30. The van der Waals surface area contributed by atoms with Crippen LogP contribution in [0.3, 0.4) is 0 Å². The van der Waals surface area contributed by atoms with Crippen LogP contribution in [-0.4, -0.2) is 12.6 Å². The summed E-state index contributed by atoms with van der Waals surface area (Å²) in [7, 11) is 0. The van der Waals surface area contributed by atoms with Crippen molar-refractivity contribution in [1.82, 2.24) is 5.32 Å². The van der Waals surface area contributed by atoms with Crippen molar-refractivity contribution < 1.29 is 0 Å². The largest absolute Gasteiger partial charge is 0.314 e. The Labute approximate surface area is 130 Å². The van der Waals surface area contributed by atoms with Crippen molar-refractivity contribution in [3.8, 4) is 0 Å². The maximum Gasteiger partial charge on any atom is 0.00471 e. The first-order valence-electron chi connectivity index (χ1n) is 8.85. The molecule has 1 aromatic carbocycles. The zero-order valence-corrected chi connectivity index (χ0v) is 13.9. The smallest absolute Gasteiger partial charge is 0.00471 e. The molecule has 0 heterocycles. The molecule has 0 aliphatic heterocycles. The van der Waals surface area contributed by atoms with E-state index < -0.39 is 0 Å².